The van der Waals surface area contributed by atoms with Gasteiger partial charge in [-0.05, 0) is 74.4 Å². The topological polar surface area (TPSA) is 49.4 Å². The zero-order chi connectivity index (χ0) is 23.7. The molecule has 2 amide bonds. The van der Waals surface area contributed by atoms with E-state index in [1.165, 1.54) is 0 Å². The van der Waals surface area contributed by atoms with E-state index in [4.69, 9.17) is 34.8 Å². The Morgan fingerprint density at radius 3 is 2.34 bits per heavy atom. The Morgan fingerprint density at radius 1 is 1.03 bits per heavy atom. The second-order valence-electron chi connectivity index (χ2n) is 7.67. The van der Waals surface area contributed by atoms with Crippen LogP contribution in [-0.4, -0.2) is 34.6 Å². The van der Waals surface area contributed by atoms with Gasteiger partial charge in [0.15, 0.2) is 0 Å². The van der Waals surface area contributed by atoms with Crippen molar-refractivity contribution < 1.29 is 9.59 Å². The van der Waals surface area contributed by atoms with Gasteiger partial charge in [-0.3, -0.25) is 9.59 Å². The molecular formula is C24H29Cl3N2O2S. The first-order valence-electron chi connectivity index (χ1n) is 10.6. The average molecular weight is 516 g/mol. The van der Waals surface area contributed by atoms with E-state index in [1.54, 1.807) is 35.7 Å². The Balaban J connectivity index is 2.04. The molecule has 0 unspecified atom stereocenters. The number of carbonyl (C=O) groups excluding carboxylic acids is 2. The van der Waals surface area contributed by atoms with Gasteiger partial charge in [0.05, 0.1) is 10.0 Å². The van der Waals surface area contributed by atoms with Crippen molar-refractivity contribution in [3.63, 3.8) is 0 Å². The third kappa shape index (κ3) is 8.51. The maximum atomic E-state index is 13.1. The molecule has 0 aliphatic carbocycles. The van der Waals surface area contributed by atoms with Gasteiger partial charge in [-0.25, -0.2) is 0 Å². The zero-order valence-electron chi connectivity index (χ0n) is 18.5. The SMILES string of the molecule is CC[C@H](C)NC(=O)[C@@H](C)N(Cc1ccc(Cl)c(Cl)c1)C(=O)CCCSc1ccc(Cl)cc1. The van der Waals surface area contributed by atoms with Crippen molar-refractivity contribution in [3.05, 3.63) is 63.1 Å². The first kappa shape index (κ1) is 26.8. The summed E-state index contributed by atoms with van der Waals surface area (Å²) < 4.78 is 0. The molecule has 2 aromatic rings. The third-order valence-electron chi connectivity index (χ3n) is 5.12. The molecule has 4 nitrogen and oxygen atoms in total. The van der Waals surface area contributed by atoms with Gasteiger partial charge >= 0.3 is 0 Å². The minimum absolute atomic E-state index is 0.0441. The predicted molar refractivity (Wildman–Crippen MR) is 136 cm³/mol. The van der Waals surface area contributed by atoms with Crippen LogP contribution in [-0.2, 0) is 16.1 Å². The van der Waals surface area contributed by atoms with Gasteiger partial charge in [-0.2, -0.15) is 0 Å². The van der Waals surface area contributed by atoms with Crippen LogP contribution in [0.5, 0.6) is 0 Å². The van der Waals surface area contributed by atoms with Crippen LogP contribution >= 0.6 is 46.6 Å². The summed E-state index contributed by atoms with van der Waals surface area (Å²) in [6.45, 7) is 6.00. The summed E-state index contributed by atoms with van der Waals surface area (Å²) >= 11 is 19.8. The first-order valence-corrected chi connectivity index (χ1v) is 12.7. The number of hydrogen-bond donors (Lipinski definition) is 1. The highest BCUT2D eigenvalue weighted by molar-refractivity contribution is 7.99. The highest BCUT2D eigenvalue weighted by atomic mass is 35.5. The van der Waals surface area contributed by atoms with Crippen LogP contribution in [0, 0.1) is 0 Å². The second-order valence-corrected chi connectivity index (χ2v) is 10.1. The van der Waals surface area contributed by atoms with Crippen LogP contribution in [0.1, 0.15) is 45.6 Å². The molecule has 1 N–H and O–H groups in total. The first-order chi connectivity index (χ1) is 15.2. The van der Waals surface area contributed by atoms with Crippen molar-refractivity contribution >= 4 is 58.4 Å². The zero-order valence-corrected chi connectivity index (χ0v) is 21.6. The van der Waals surface area contributed by atoms with E-state index >= 15 is 0 Å². The van der Waals surface area contributed by atoms with Gasteiger partial charge in [0.2, 0.25) is 11.8 Å². The Hall–Kier alpha value is -1.40. The van der Waals surface area contributed by atoms with Gasteiger partial charge in [0, 0.05) is 28.9 Å². The third-order valence-corrected chi connectivity index (χ3v) is 7.21. The van der Waals surface area contributed by atoms with Crippen molar-refractivity contribution in [1.82, 2.24) is 10.2 Å². The lowest BCUT2D eigenvalue weighted by molar-refractivity contribution is -0.140. The molecule has 0 heterocycles. The summed E-state index contributed by atoms with van der Waals surface area (Å²) in [7, 11) is 0. The van der Waals surface area contributed by atoms with Crippen molar-refractivity contribution in [2.75, 3.05) is 5.75 Å². The molecule has 174 valence electrons. The van der Waals surface area contributed by atoms with Gasteiger partial charge in [0.25, 0.3) is 0 Å². The maximum absolute atomic E-state index is 13.1. The Bertz CT molecular complexity index is 909. The number of hydrogen-bond acceptors (Lipinski definition) is 3. The number of benzene rings is 2. The standard InChI is InChI=1S/C24H29Cl3N2O2S/c1-4-16(2)28-24(31)17(3)29(15-18-7-12-21(26)22(27)14-18)23(30)6-5-13-32-20-10-8-19(25)9-11-20/h7-12,14,16-17H,4-6,13,15H2,1-3H3,(H,28,31)/t16-,17+/m0/s1. The van der Waals surface area contributed by atoms with Crippen molar-refractivity contribution in [2.24, 2.45) is 0 Å². The summed E-state index contributed by atoms with van der Waals surface area (Å²) in [4.78, 5) is 28.6. The van der Waals surface area contributed by atoms with Crippen LogP contribution in [0.2, 0.25) is 15.1 Å². The van der Waals surface area contributed by atoms with Gasteiger partial charge in [-0.15, -0.1) is 11.8 Å². The normalized spacial score (nSPS) is 12.8. The quantitative estimate of drug-likeness (QED) is 0.263. The van der Waals surface area contributed by atoms with Gasteiger partial charge in [0.1, 0.15) is 6.04 Å². The highest BCUT2D eigenvalue weighted by Crippen LogP contribution is 2.25. The van der Waals surface area contributed by atoms with E-state index in [0.29, 0.717) is 27.9 Å². The largest absolute Gasteiger partial charge is 0.352 e. The number of carbonyl (C=O) groups is 2. The molecule has 2 aromatic carbocycles. The number of amides is 2. The number of nitrogens with zero attached hydrogens (tertiary/aromatic N) is 1. The molecule has 0 aromatic heterocycles. The average Bonchev–Trinajstić information content (AvgIpc) is 2.77. The summed E-state index contributed by atoms with van der Waals surface area (Å²) in [6.07, 6.45) is 1.87. The van der Waals surface area contributed by atoms with Gasteiger partial charge in [-0.1, -0.05) is 47.8 Å². The fourth-order valence-corrected chi connectivity index (χ4v) is 4.27. The fourth-order valence-electron chi connectivity index (χ4n) is 2.97. The van der Waals surface area contributed by atoms with Crippen LogP contribution in [0.15, 0.2) is 47.4 Å². The molecule has 0 aliphatic heterocycles. The molecule has 0 fully saturated rings. The maximum Gasteiger partial charge on any atom is 0.242 e. The molecule has 32 heavy (non-hydrogen) atoms. The Kier molecular flexibility index (Phi) is 11.2. The number of rotatable bonds is 11. The Labute approximate surface area is 210 Å². The van der Waals surface area contributed by atoms with Crippen LogP contribution in [0.4, 0.5) is 0 Å². The number of thioether (sulfide) groups is 1. The molecule has 0 saturated heterocycles. The summed E-state index contributed by atoms with van der Waals surface area (Å²) in [5.74, 6) is 0.560. The smallest absolute Gasteiger partial charge is 0.242 e. The summed E-state index contributed by atoms with van der Waals surface area (Å²) in [5, 5.41) is 4.55. The predicted octanol–water partition coefficient (Wildman–Crippen LogP) is 6.85. The van der Waals surface area contributed by atoms with E-state index in [1.807, 2.05) is 44.2 Å². The minimum Gasteiger partial charge on any atom is -0.352 e. The molecule has 2 atom stereocenters. The highest BCUT2D eigenvalue weighted by Gasteiger charge is 2.26. The minimum atomic E-state index is -0.602. The second kappa shape index (κ2) is 13.3. The fraction of sp³-hybridized carbons (Fsp3) is 0.417. The van der Waals surface area contributed by atoms with Crippen LogP contribution in [0.25, 0.3) is 0 Å². The van der Waals surface area contributed by atoms with E-state index in [-0.39, 0.29) is 24.4 Å². The summed E-state index contributed by atoms with van der Waals surface area (Å²) in [5.41, 5.74) is 0.825. The van der Waals surface area contributed by atoms with Crippen molar-refractivity contribution in [1.29, 1.82) is 0 Å². The lowest BCUT2D eigenvalue weighted by Crippen LogP contribution is -2.49. The van der Waals surface area contributed by atoms with E-state index < -0.39 is 6.04 Å². The molecular weight excluding hydrogens is 487 g/mol. The lowest BCUT2D eigenvalue weighted by Gasteiger charge is -2.30. The van der Waals surface area contributed by atoms with Crippen LogP contribution in [0.3, 0.4) is 0 Å². The molecule has 0 radical (unpaired) electrons. The van der Waals surface area contributed by atoms with Crippen molar-refractivity contribution in [3.8, 4) is 0 Å². The monoisotopic (exact) mass is 514 g/mol. The van der Waals surface area contributed by atoms with Crippen molar-refractivity contribution in [2.45, 2.75) is 63.6 Å². The molecule has 0 saturated carbocycles. The molecule has 8 heteroatoms. The van der Waals surface area contributed by atoms with E-state index in [0.717, 1.165) is 22.6 Å². The molecule has 0 spiro atoms. The van der Waals surface area contributed by atoms with E-state index in [9.17, 15) is 9.59 Å². The lowest BCUT2D eigenvalue weighted by atomic mass is 10.1. The van der Waals surface area contributed by atoms with Crippen LogP contribution < -0.4 is 5.32 Å². The number of nitrogens with one attached hydrogen (secondary N) is 1. The Morgan fingerprint density at radius 2 is 1.72 bits per heavy atom. The molecule has 2 rings (SSSR count). The number of halogens is 3. The molecule has 0 bridgehead atoms. The van der Waals surface area contributed by atoms with Gasteiger partial charge < -0.3 is 10.2 Å². The van der Waals surface area contributed by atoms with E-state index in [2.05, 4.69) is 5.32 Å². The summed E-state index contributed by atoms with van der Waals surface area (Å²) in [6, 6.07) is 12.3. The molecule has 0 aliphatic rings.